The molecule has 2 aromatic heterocycles. The van der Waals surface area contributed by atoms with Gasteiger partial charge in [0.15, 0.2) is 0 Å². The van der Waals surface area contributed by atoms with Crippen LogP contribution in [-0.2, 0) is 0 Å². The predicted octanol–water partition coefficient (Wildman–Crippen LogP) is 5.86. The van der Waals surface area contributed by atoms with Crippen LogP contribution in [0.15, 0.2) is 54.7 Å². The van der Waals surface area contributed by atoms with Crippen LogP contribution in [-0.4, -0.2) is 56.8 Å². The quantitative estimate of drug-likeness (QED) is 0.281. The second kappa shape index (κ2) is 11.0. The molecule has 4 aromatic rings. The van der Waals surface area contributed by atoms with Gasteiger partial charge in [-0.2, -0.15) is 5.10 Å². The largest absolute Gasteiger partial charge is 0.494 e. The maximum Gasteiger partial charge on any atom is 0.335 e. The molecule has 0 unspecified atom stereocenters. The highest BCUT2D eigenvalue weighted by molar-refractivity contribution is 7.19. The first-order valence-electron chi connectivity index (χ1n) is 12.3. The lowest BCUT2D eigenvalue weighted by Gasteiger charge is -2.26. The minimum atomic E-state index is -0.937. The number of rotatable bonds is 10. The number of benzene rings is 2. The summed E-state index contributed by atoms with van der Waals surface area (Å²) in [6, 6.07) is 14.8. The molecule has 1 fully saturated rings. The normalized spacial score (nSPS) is 14.4. The average molecular weight is 491 g/mol. The molecule has 1 aliphatic rings. The van der Waals surface area contributed by atoms with Crippen LogP contribution >= 0.6 is 11.3 Å². The standard InChI is InChI=1S/C27H30N4O3S/c32-26(33)22-9-7-20(8-10-22)24-19-31-27(28-24)35-25(29-31)21-11-13-23(14-12-21)34-18-6-2-5-17-30-15-3-1-4-16-30/h7-14,19H,1-6,15-18H2,(H,32,33). The van der Waals surface area contributed by atoms with Crippen LogP contribution in [0.3, 0.4) is 0 Å². The van der Waals surface area contributed by atoms with Gasteiger partial charge >= 0.3 is 5.97 Å². The zero-order chi connectivity index (χ0) is 24.0. The Morgan fingerprint density at radius 3 is 2.40 bits per heavy atom. The molecule has 0 atom stereocenters. The van der Waals surface area contributed by atoms with Crippen LogP contribution in [0, 0.1) is 0 Å². The van der Waals surface area contributed by atoms with Crippen LogP contribution in [0.4, 0.5) is 0 Å². The molecule has 0 amide bonds. The summed E-state index contributed by atoms with van der Waals surface area (Å²) in [6.45, 7) is 4.53. The van der Waals surface area contributed by atoms with Gasteiger partial charge in [0.1, 0.15) is 10.8 Å². The molecule has 8 heteroatoms. The Morgan fingerprint density at radius 2 is 1.69 bits per heavy atom. The van der Waals surface area contributed by atoms with Gasteiger partial charge in [-0.3, -0.25) is 0 Å². The Balaban J connectivity index is 1.12. The molecular formula is C27H30N4O3S. The number of piperidine rings is 1. The van der Waals surface area contributed by atoms with Crippen molar-refractivity contribution in [3.8, 4) is 27.6 Å². The lowest BCUT2D eigenvalue weighted by molar-refractivity contribution is 0.0697. The number of unbranched alkanes of at least 4 members (excludes halogenated alkanes) is 2. The van der Waals surface area contributed by atoms with Gasteiger partial charge in [0, 0.05) is 11.1 Å². The minimum Gasteiger partial charge on any atom is -0.494 e. The van der Waals surface area contributed by atoms with Gasteiger partial charge in [-0.1, -0.05) is 29.9 Å². The van der Waals surface area contributed by atoms with Gasteiger partial charge < -0.3 is 14.7 Å². The maximum absolute atomic E-state index is 11.0. The first kappa shape index (κ1) is 23.5. The third-order valence-electron chi connectivity index (χ3n) is 6.41. The average Bonchev–Trinajstić information content (AvgIpc) is 3.47. The van der Waals surface area contributed by atoms with Crippen molar-refractivity contribution in [2.24, 2.45) is 0 Å². The van der Waals surface area contributed by atoms with Crippen LogP contribution in [0.1, 0.15) is 48.9 Å². The summed E-state index contributed by atoms with van der Waals surface area (Å²) in [4.78, 5) is 19.1. The van der Waals surface area contributed by atoms with E-state index in [0.717, 1.165) is 45.6 Å². The van der Waals surface area contributed by atoms with Crippen molar-refractivity contribution < 1.29 is 14.6 Å². The van der Waals surface area contributed by atoms with Gasteiger partial charge in [-0.15, -0.1) is 0 Å². The van der Waals surface area contributed by atoms with Crippen molar-refractivity contribution in [2.45, 2.75) is 38.5 Å². The van der Waals surface area contributed by atoms with E-state index < -0.39 is 5.97 Å². The number of ether oxygens (including phenoxy) is 1. The Hall–Kier alpha value is -3.23. The Bertz CT molecular complexity index is 1230. The van der Waals surface area contributed by atoms with E-state index in [9.17, 15) is 4.79 Å². The molecule has 0 bridgehead atoms. The molecule has 0 spiro atoms. The third-order valence-corrected chi connectivity index (χ3v) is 7.38. The predicted molar refractivity (Wildman–Crippen MR) is 138 cm³/mol. The molecule has 0 saturated carbocycles. The number of carbonyl (C=O) groups is 1. The smallest absolute Gasteiger partial charge is 0.335 e. The van der Waals surface area contributed by atoms with Crippen molar-refractivity contribution in [3.05, 3.63) is 60.3 Å². The van der Waals surface area contributed by atoms with Crippen LogP contribution in [0.25, 0.3) is 26.8 Å². The summed E-state index contributed by atoms with van der Waals surface area (Å²) >= 11 is 1.52. The number of hydrogen-bond donors (Lipinski definition) is 1. The zero-order valence-electron chi connectivity index (χ0n) is 19.7. The van der Waals surface area contributed by atoms with Gasteiger partial charge in [0.2, 0.25) is 4.96 Å². The van der Waals surface area contributed by atoms with Gasteiger partial charge in [0.25, 0.3) is 0 Å². The van der Waals surface area contributed by atoms with Crippen LogP contribution in [0.5, 0.6) is 5.75 Å². The molecular weight excluding hydrogens is 460 g/mol. The molecule has 7 nitrogen and oxygen atoms in total. The number of aromatic nitrogens is 3. The summed E-state index contributed by atoms with van der Waals surface area (Å²) in [5, 5.41) is 14.6. The first-order chi connectivity index (χ1) is 17.2. The number of carboxylic acid groups (broad SMARTS) is 1. The number of nitrogens with zero attached hydrogens (tertiary/aromatic N) is 4. The fourth-order valence-electron chi connectivity index (χ4n) is 4.42. The van der Waals surface area contributed by atoms with E-state index in [1.165, 1.54) is 63.1 Å². The zero-order valence-corrected chi connectivity index (χ0v) is 20.5. The summed E-state index contributed by atoms with van der Waals surface area (Å²) in [7, 11) is 0. The van der Waals surface area contributed by atoms with E-state index >= 15 is 0 Å². The number of fused-ring (bicyclic) bond motifs is 1. The SMILES string of the molecule is O=C(O)c1ccc(-c2cn3nc(-c4ccc(OCCCCCN5CCCCC5)cc4)sc3n2)cc1. The van der Waals surface area contributed by atoms with Gasteiger partial charge in [-0.25, -0.2) is 14.3 Å². The van der Waals surface area contributed by atoms with Crippen molar-refractivity contribution in [1.82, 2.24) is 19.5 Å². The molecule has 0 radical (unpaired) electrons. The number of hydrogen-bond acceptors (Lipinski definition) is 6. The molecule has 3 heterocycles. The van der Waals surface area contributed by atoms with E-state index in [2.05, 4.69) is 15.0 Å². The Labute approximate surface area is 209 Å². The molecule has 2 aromatic carbocycles. The highest BCUT2D eigenvalue weighted by atomic mass is 32.1. The lowest BCUT2D eigenvalue weighted by atomic mass is 10.1. The number of aromatic carboxylic acids is 1. The van der Waals surface area contributed by atoms with E-state index in [-0.39, 0.29) is 5.56 Å². The minimum absolute atomic E-state index is 0.260. The van der Waals surface area contributed by atoms with Crippen LogP contribution < -0.4 is 4.74 Å². The second-order valence-electron chi connectivity index (χ2n) is 8.98. The third kappa shape index (κ3) is 5.89. The molecule has 1 saturated heterocycles. The van der Waals surface area contributed by atoms with Gasteiger partial charge in [-0.05, 0) is 88.1 Å². The Kier molecular flexibility index (Phi) is 7.39. The number of imidazole rings is 1. The highest BCUT2D eigenvalue weighted by Crippen LogP contribution is 2.29. The van der Waals surface area contributed by atoms with E-state index in [0.29, 0.717) is 0 Å². The van der Waals surface area contributed by atoms with E-state index in [4.69, 9.17) is 9.84 Å². The first-order valence-corrected chi connectivity index (χ1v) is 13.1. The van der Waals surface area contributed by atoms with Crippen LogP contribution in [0.2, 0.25) is 0 Å². The van der Waals surface area contributed by atoms with Crippen molar-refractivity contribution in [2.75, 3.05) is 26.2 Å². The molecule has 5 rings (SSSR count). The number of carboxylic acids is 1. The Morgan fingerprint density at radius 1 is 0.943 bits per heavy atom. The fourth-order valence-corrected chi connectivity index (χ4v) is 5.31. The summed E-state index contributed by atoms with van der Waals surface area (Å²) in [5.41, 5.74) is 2.92. The van der Waals surface area contributed by atoms with E-state index in [1.54, 1.807) is 28.8 Å². The summed E-state index contributed by atoms with van der Waals surface area (Å²) in [6.07, 6.45) is 9.53. The topological polar surface area (TPSA) is 80.0 Å². The maximum atomic E-state index is 11.0. The van der Waals surface area contributed by atoms with Crippen molar-refractivity contribution in [3.63, 3.8) is 0 Å². The number of likely N-dealkylation sites (tertiary alicyclic amines) is 1. The van der Waals surface area contributed by atoms with Crippen molar-refractivity contribution >= 4 is 22.3 Å². The van der Waals surface area contributed by atoms with Gasteiger partial charge in [0.05, 0.1) is 24.1 Å². The lowest BCUT2D eigenvalue weighted by Crippen LogP contribution is -2.30. The molecule has 1 aliphatic heterocycles. The second-order valence-corrected chi connectivity index (χ2v) is 9.93. The molecule has 182 valence electrons. The summed E-state index contributed by atoms with van der Waals surface area (Å²) < 4.78 is 7.71. The van der Waals surface area contributed by atoms with E-state index in [1.807, 2.05) is 30.5 Å². The molecule has 1 N–H and O–H groups in total. The molecule has 0 aliphatic carbocycles. The van der Waals surface area contributed by atoms with Crippen molar-refractivity contribution in [1.29, 1.82) is 0 Å². The monoisotopic (exact) mass is 490 g/mol. The highest BCUT2D eigenvalue weighted by Gasteiger charge is 2.12. The summed E-state index contributed by atoms with van der Waals surface area (Å²) in [5.74, 6) is -0.0495. The molecule has 35 heavy (non-hydrogen) atoms. The fraction of sp³-hybridized carbons (Fsp3) is 0.370.